The van der Waals surface area contributed by atoms with Gasteiger partial charge in [-0.1, -0.05) is 37.6 Å². The predicted molar refractivity (Wildman–Crippen MR) is 89.9 cm³/mol. The molecule has 1 N–H and O–H groups in total. The number of nitrogens with one attached hydrogen (secondary N) is 1. The van der Waals surface area contributed by atoms with E-state index in [1.807, 2.05) is 18.5 Å². The molecule has 112 valence electrons. The molecule has 1 heterocycles. The molecular formula is C18H23ClN2. The van der Waals surface area contributed by atoms with Crippen molar-refractivity contribution in [1.82, 2.24) is 10.3 Å². The molecule has 2 rings (SSSR count). The Balaban J connectivity index is 2.31. The summed E-state index contributed by atoms with van der Waals surface area (Å²) in [7, 11) is 0. The molecule has 0 amide bonds. The van der Waals surface area contributed by atoms with E-state index < -0.39 is 0 Å². The fraction of sp³-hybridized carbons (Fsp3) is 0.389. The van der Waals surface area contributed by atoms with Gasteiger partial charge in [-0.2, -0.15) is 0 Å². The first-order chi connectivity index (χ1) is 10.1. The number of halogens is 1. The third kappa shape index (κ3) is 4.05. The maximum absolute atomic E-state index is 6.16. The number of benzene rings is 1. The normalized spacial score (nSPS) is 13.9. The van der Waals surface area contributed by atoms with E-state index in [0.717, 1.165) is 23.6 Å². The van der Waals surface area contributed by atoms with Gasteiger partial charge in [0.2, 0.25) is 0 Å². The molecule has 21 heavy (non-hydrogen) atoms. The standard InChI is InChI=1S/C18H23ClN2/c1-4-9-21-18(14(3)15-7-10-20-11-8-15)16-5-6-17(19)13(2)12-16/h5-8,10-12,14,18,21H,4,9H2,1-3H3. The quantitative estimate of drug-likeness (QED) is 0.822. The van der Waals surface area contributed by atoms with Crippen molar-refractivity contribution in [3.63, 3.8) is 0 Å². The van der Waals surface area contributed by atoms with E-state index in [1.165, 1.54) is 11.1 Å². The topological polar surface area (TPSA) is 24.9 Å². The lowest BCUT2D eigenvalue weighted by molar-refractivity contribution is 0.466. The van der Waals surface area contributed by atoms with Crippen LogP contribution < -0.4 is 5.32 Å². The molecule has 0 bridgehead atoms. The minimum atomic E-state index is 0.281. The van der Waals surface area contributed by atoms with Gasteiger partial charge in [0.1, 0.15) is 0 Å². The van der Waals surface area contributed by atoms with E-state index in [-0.39, 0.29) is 6.04 Å². The van der Waals surface area contributed by atoms with Crippen molar-refractivity contribution < 1.29 is 0 Å². The second-order valence-corrected chi connectivity index (χ2v) is 5.92. The molecule has 0 aliphatic rings. The number of rotatable bonds is 6. The minimum Gasteiger partial charge on any atom is -0.309 e. The molecule has 2 unspecified atom stereocenters. The van der Waals surface area contributed by atoms with Crippen LogP contribution in [0.15, 0.2) is 42.7 Å². The molecule has 1 aromatic carbocycles. The minimum absolute atomic E-state index is 0.281. The summed E-state index contributed by atoms with van der Waals surface area (Å²) in [6.07, 6.45) is 4.83. The summed E-state index contributed by atoms with van der Waals surface area (Å²) in [6.45, 7) is 7.50. The molecule has 0 saturated carbocycles. The van der Waals surface area contributed by atoms with E-state index in [2.05, 4.69) is 55.3 Å². The van der Waals surface area contributed by atoms with Gasteiger partial charge in [0, 0.05) is 29.4 Å². The van der Waals surface area contributed by atoms with Gasteiger partial charge in [-0.15, -0.1) is 0 Å². The van der Waals surface area contributed by atoms with Crippen molar-refractivity contribution in [3.8, 4) is 0 Å². The summed E-state index contributed by atoms with van der Waals surface area (Å²) in [5, 5.41) is 4.49. The molecule has 0 aliphatic heterocycles. The number of aryl methyl sites for hydroxylation is 1. The van der Waals surface area contributed by atoms with Crippen LogP contribution in [0.3, 0.4) is 0 Å². The SMILES string of the molecule is CCCNC(c1ccc(Cl)c(C)c1)C(C)c1ccncc1. The van der Waals surface area contributed by atoms with Gasteiger partial charge in [0.05, 0.1) is 0 Å². The van der Waals surface area contributed by atoms with E-state index in [0.29, 0.717) is 5.92 Å². The molecule has 0 fully saturated rings. The zero-order valence-corrected chi connectivity index (χ0v) is 13.7. The van der Waals surface area contributed by atoms with Crippen LogP contribution in [0.1, 0.15) is 48.9 Å². The Bertz CT molecular complexity index is 569. The van der Waals surface area contributed by atoms with Crippen molar-refractivity contribution >= 4 is 11.6 Å². The number of aromatic nitrogens is 1. The molecule has 2 atom stereocenters. The van der Waals surface area contributed by atoms with Gasteiger partial charge in [-0.25, -0.2) is 0 Å². The zero-order valence-electron chi connectivity index (χ0n) is 12.9. The maximum Gasteiger partial charge on any atom is 0.0435 e. The van der Waals surface area contributed by atoms with Crippen LogP contribution in [0.2, 0.25) is 5.02 Å². The third-order valence-electron chi connectivity index (χ3n) is 3.89. The lowest BCUT2D eigenvalue weighted by Crippen LogP contribution is -2.26. The van der Waals surface area contributed by atoms with Crippen molar-refractivity contribution in [2.75, 3.05) is 6.54 Å². The Kier molecular flexibility index (Phi) is 5.77. The van der Waals surface area contributed by atoms with E-state index in [4.69, 9.17) is 11.6 Å². The number of nitrogens with zero attached hydrogens (tertiary/aromatic N) is 1. The predicted octanol–water partition coefficient (Wildman–Crippen LogP) is 4.89. The monoisotopic (exact) mass is 302 g/mol. The van der Waals surface area contributed by atoms with Gasteiger partial charge in [0.25, 0.3) is 0 Å². The van der Waals surface area contributed by atoms with Crippen molar-refractivity contribution in [2.24, 2.45) is 0 Å². The van der Waals surface area contributed by atoms with E-state index >= 15 is 0 Å². The van der Waals surface area contributed by atoms with Crippen molar-refractivity contribution in [3.05, 3.63) is 64.4 Å². The first-order valence-corrected chi connectivity index (χ1v) is 7.90. The molecule has 0 saturated heterocycles. The Morgan fingerprint density at radius 3 is 2.48 bits per heavy atom. The first-order valence-electron chi connectivity index (χ1n) is 7.52. The smallest absolute Gasteiger partial charge is 0.0435 e. The van der Waals surface area contributed by atoms with Crippen molar-refractivity contribution in [1.29, 1.82) is 0 Å². The average molecular weight is 303 g/mol. The van der Waals surface area contributed by atoms with Crippen LogP contribution in [-0.4, -0.2) is 11.5 Å². The van der Waals surface area contributed by atoms with Crippen LogP contribution >= 0.6 is 11.6 Å². The van der Waals surface area contributed by atoms with Crippen LogP contribution in [-0.2, 0) is 0 Å². The number of hydrogen-bond donors (Lipinski definition) is 1. The fourth-order valence-electron chi connectivity index (χ4n) is 2.60. The van der Waals surface area contributed by atoms with Crippen molar-refractivity contribution in [2.45, 2.75) is 39.2 Å². The molecule has 0 radical (unpaired) electrons. The Labute approximate surface area is 132 Å². The molecule has 2 nitrogen and oxygen atoms in total. The van der Waals surface area contributed by atoms with Crippen LogP contribution in [0.4, 0.5) is 0 Å². The third-order valence-corrected chi connectivity index (χ3v) is 4.31. The van der Waals surface area contributed by atoms with Gasteiger partial charge in [-0.05, 0) is 54.8 Å². The Hall–Kier alpha value is -1.38. The van der Waals surface area contributed by atoms with Crippen LogP contribution in [0.5, 0.6) is 0 Å². The van der Waals surface area contributed by atoms with E-state index in [9.17, 15) is 0 Å². The average Bonchev–Trinajstić information content (AvgIpc) is 2.51. The highest BCUT2D eigenvalue weighted by molar-refractivity contribution is 6.31. The van der Waals surface area contributed by atoms with Gasteiger partial charge in [0.15, 0.2) is 0 Å². The highest BCUT2D eigenvalue weighted by atomic mass is 35.5. The highest BCUT2D eigenvalue weighted by Gasteiger charge is 2.20. The van der Waals surface area contributed by atoms with Gasteiger partial charge >= 0.3 is 0 Å². The second-order valence-electron chi connectivity index (χ2n) is 5.51. The lowest BCUT2D eigenvalue weighted by Gasteiger charge is -2.26. The molecule has 2 aromatic rings. The summed E-state index contributed by atoms with van der Waals surface area (Å²) in [5.74, 6) is 0.375. The highest BCUT2D eigenvalue weighted by Crippen LogP contribution is 2.32. The van der Waals surface area contributed by atoms with Crippen LogP contribution in [0, 0.1) is 6.92 Å². The van der Waals surface area contributed by atoms with E-state index in [1.54, 1.807) is 0 Å². The Morgan fingerprint density at radius 1 is 1.14 bits per heavy atom. The fourth-order valence-corrected chi connectivity index (χ4v) is 2.72. The largest absolute Gasteiger partial charge is 0.309 e. The number of hydrogen-bond acceptors (Lipinski definition) is 2. The summed E-state index contributed by atoms with van der Waals surface area (Å²) in [4.78, 5) is 4.11. The summed E-state index contributed by atoms with van der Waals surface area (Å²) in [6, 6.07) is 10.8. The molecular weight excluding hydrogens is 280 g/mol. The molecule has 1 aromatic heterocycles. The summed E-state index contributed by atoms with van der Waals surface area (Å²) in [5.41, 5.74) is 3.71. The van der Waals surface area contributed by atoms with Gasteiger partial charge < -0.3 is 5.32 Å². The summed E-state index contributed by atoms with van der Waals surface area (Å²) >= 11 is 6.16. The van der Waals surface area contributed by atoms with Crippen LogP contribution in [0.25, 0.3) is 0 Å². The molecule has 0 aliphatic carbocycles. The maximum atomic E-state index is 6.16. The zero-order chi connectivity index (χ0) is 15.2. The Morgan fingerprint density at radius 2 is 1.86 bits per heavy atom. The number of pyridine rings is 1. The van der Waals surface area contributed by atoms with Gasteiger partial charge in [-0.3, -0.25) is 4.98 Å². The summed E-state index contributed by atoms with van der Waals surface area (Å²) < 4.78 is 0. The second kappa shape index (κ2) is 7.58. The molecule has 3 heteroatoms. The first kappa shape index (κ1) is 16.0. The molecule has 0 spiro atoms. The lowest BCUT2D eigenvalue weighted by atomic mass is 9.88.